The van der Waals surface area contributed by atoms with Crippen molar-refractivity contribution >= 4 is 27.2 Å². The SMILES string of the molecule is Nc1c(OCCCO)ccc2scnc12. The summed E-state index contributed by atoms with van der Waals surface area (Å²) in [6, 6.07) is 3.78. The third-order valence-corrected chi connectivity index (χ3v) is 2.86. The Morgan fingerprint density at radius 1 is 1.47 bits per heavy atom. The Balaban J connectivity index is 2.23. The molecule has 0 atom stereocenters. The molecule has 0 bridgehead atoms. The summed E-state index contributed by atoms with van der Waals surface area (Å²) in [6.07, 6.45) is 0.606. The van der Waals surface area contributed by atoms with E-state index in [9.17, 15) is 0 Å². The lowest BCUT2D eigenvalue weighted by Gasteiger charge is -2.07. The number of aliphatic hydroxyl groups is 1. The number of ether oxygens (including phenoxy) is 1. The van der Waals surface area contributed by atoms with Crippen molar-refractivity contribution in [3.63, 3.8) is 0 Å². The molecule has 5 heteroatoms. The molecule has 0 spiro atoms. The summed E-state index contributed by atoms with van der Waals surface area (Å²) in [4.78, 5) is 4.17. The molecule has 0 radical (unpaired) electrons. The summed E-state index contributed by atoms with van der Waals surface area (Å²) >= 11 is 1.55. The van der Waals surface area contributed by atoms with Crippen molar-refractivity contribution in [2.45, 2.75) is 6.42 Å². The van der Waals surface area contributed by atoms with Gasteiger partial charge in [-0.15, -0.1) is 11.3 Å². The van der Waals surface area contributed by atoms with Gasteiger partial charge in [-0.3, -0.25) is 0 Å². The van der Waals surface area contributed by atoms with Crippen molar-refractivity contribution in [2.24, 2.45) is 0 Å². The molecule has 4 nitrogen and oxygen atoms in total. The van der Waals surface area contributed by atoms with E-state index in [0.29, 0.717) is 24.5 Å². The van der Waals surface area contributed by atoms with Crippen molar-refractivity contribution in [1.29, 1.82) is 0 Å². The molecule has 1 aromatic heterocycles. The van der Waals surface area contributed by atoms with Gasteiger partial charge in [-0.25, -0.2) is 4.98 Å². The summed E-state index contributed by atoms with van der Waals surface area (Å²) in [5.41, 5.74) is 9.03. The maximum atomic E-state index is 8.63. The number of nitrogens with two attached hydrogens (primary N) is 1. The fourth-order valence-corrected chi connectivity index (χ4v) is 2.00. The predicted molar refractivity (Wildman–Crippen MR) is 61.2 cm³/mol. The monoisotopic (exact) mass is 224 g/mol. The minimum absolute atomic E-state index is 0.124. The largest absolute Gasteiger partial charge is 0.491 e. The Morgan fingerprint density at radius 2 is 2.33 bits per heavy atom. The highest BCUT2D eigenvalue weighted by Gasteiger charge is 2.07. The van der Waals surface area contributed by atoms with Crippen molar-refractivity contribution in [2.75, 3.05) is 18.9 Å². The zero-order chi connectivity index (χ0) is 10.7. The molecule has 15 heavy (non-hydrogen) atoms. The molecule has 0 amide bonds. The smallest absolute Gasteiger partial charge is 0.144 e. The maximum absolute atomic E-state index is 8.63. The van der Waals surface area contributed by atoms with Crippen LogP contribution < -0.4 is 10.5 Å². The number of nitrogens with zero attached hydrogens (tertiary/aromatic N) is 1. The van der Waals surface area contributed by atoms with Gasteiger partial charge in [0.2, 0.25) is 0 Å². The minimum atomic E-state index is 0.124. The van der Waals surface area contributed by atoms with Crippen molar-refractivity contribution < 1.29 is 9.84 Å². The number of rotatable bonds is 4. The summed E-state index contributed by atoms with van der Waals surface area (Å²) in [7, 11) is 0. The minimum Gasteiger partial charge on any atom is -0.491 e. The average Bonchev–Trinajstić information content (AvgIpc) is 2.70. The molecule has 0 saturated carbocycles. The molecule has 3 N–H and O–H groups in total. The van der Waals surface area contributed by atoms with Gasteiger partial charge in [0.05, 0.1) is 16.8 Å². The topological polar surface area (TPSA) is 68.4 Å². The Labute approximate surface area is 91.3 Å². The van der Waals surface area contributed by atoms with E-state index < -0.39 is 0 Å². The van der Waals surface area contributed by atoms with Gasteiger partial charge in [0.25, 0.3) is 0 Å². The quantitative estimate of drug-likeness (QED) is 0.612. The maximum Gasteiger partial charge on any atom is 0.144 e. The number of hydrogen-bond donors (Lipinski definition) is 2. The third kappa shape index (κ3) is 2.03. The van der Waals surface area contributed by atoms with Crippen LogP contribution in [0.25, 0.3) is 10.2 Å². The molecule has 2 aromatic rings. The van der Waals surface area contributed by atoms with Gasteiger partial charge in [-0.2, -0.15) is 0 Å². The molecule has 2 rings (SSSR count). The Bertz CT molecular complexity index is 456. The molecule has 0 unspecified atom stereocenters. The third-order valence-electron chi connectivity index (χ3n) is 2.06. The zero-order valence-corrected chi connectivity index (χ0v) is 8.96. The predicted octanol–water partition coefficient (Wildman–Crippen LogP) is 1.64. The normalized spacial score (nSPS) is 10.7. The molecule has 0 aliphatic rings. The van der Waals surface area contributed by atoms with Gasteiger partial charge in [0, 0.05) is 13.0 Å². The van der Waals surface area contributed by atoms with E-state index in [4.69, 9.17) is 15.6 Å². The fourth-order valence-electron chi connectivity index (χ4n) is 1.31. The van der Waals surface area contributed by atoms with Crippen LogP contribution in [-0.4, -0.2) is 23.3 Å². The highest BCUT2D eigenvalue weighted by Crippen LogP contribution is 2.31. The van der Waals surface area contributed by atoms with E-state index in [-0.39, 0.29) is 6.61 Å². The number of aliphatic hydroxyl groups excluding tert-OH is 1. The van der Waals surface area contributed by atoms with Crippen LogP contribution in [0.5, 0.6) is 5.75 Å². The lowest BCUT2D eigenvalue weighted by Crippen LogP contribution is -2.02. The van der Waals surface area contributed by atoms with Crippen LogP contribution in [-0.2, 0) is 0 Å². The summed E-state index contributed by atoms with van der Waals surface area (Å²) < 4.78 is 6.49. The lowest BCUT2D eigenvalue weighted by atomic mass is 10.2. The molecule has 0 aliphatic carbocycles. The van der Waals surface area contributed by atoms with E-state index in [1.54, 1.807) is 16.8 Å². The number of anilines is 1. The van der Waals surface area contributed by atoms with Crippen LogP contribution in [0.15, 0.2) is 17.6 Å². The van der Waals surface area contributed by atoms with E-state index in [0.717, 1.165) is 10.2 Å². The Hall–Kier alpha value is -1.33. The van der Waals surface area contributed by atoms with Crippen molar-refractivity contribution in [3.05, 3.63) is 17.6 Å². The number of hydrogen-bond acceptors (Lipinski definition) is 5. The molecule has 0 saturated heterocycles. The second-order valence-electron chi connectivity index (χ2n) is 3.10. The standard InChI is InChI=1S/C10H12N2O2S/c11-9-7(14-5-1-4-13)2-3-8-10(9)12-6-15-8/h2-3,6,13H,1,4-5,11H2. The van der Waals surface area contributed by atoms with Gasteiger partial charge in [-0.1, -0.05) is 0 Å². The van der Waals surface area contributed by atoms with E-state index in [2.05, 4.69) is 4.98 Å². The van der Waals surface area contributed by atoms with Crippen LogP contribution in [0.2, 0.25) is 0 Å². The fraction of sp³-hybridized carbons (Fsp3) is 0.300. The first-order valence-electron chi connectivity index (χ1n) is 4.68. The van der Waals surface area contributed by atoms with Gasteiger partial charge < -0.3 is 15.6 Å². The molecule has 0 aliphatic heterocycles. The van der Waals surface area contributed by atoms with E-state index >= 15 is 0 Å². The van der Waals surface area contributed by atoms with Crippen molar-refractivity contribution in [3.8, 4) is 5.75 Å². The highest BCUT2D eigenvalue weighted by atomic mass is 32.1. The number of nitrogen functional groups attached to an aromatic ring is 1. The molecule has 1 heterocycles. The molecule has 80 valence electrons. The number of fused-ring (bicyclic) bond motifs is 1. The van der Waals surface area contributed by atoms with Gasteiger partial charge in [-0.05, 0) is 12.1 Å². The average molecular weight is 224 g/mol. The second kappa shape index (κ2) is 4.46. The highest BCUT2D eigenvalue weighted by molar-refractivity contribution is 7.16. The first-order valence-corrected chi connectivity index (χ1v) is 5.56. The summed E-state index contributed by atoms with van der Waals surface area (Å²) in [5, 5.41) is 8.63. The van der Waals surface area contributed by atoms with Crippen molar-refractivity contribution in [1.82, 2.24) is 4.98 Å². The molecule has 1 aromatic carbocycles. The van der Waals surface area contributed by atoms with E-state index in [1.807, 2.05) is 12.1 Å². The van der Waals surface area contributed by atoms with Gasteiger partial charge in [0.1, 0.15) is 17.0 Å². The Kier molecular flexibility index (Phi) is 3.03. The van der Waals surface area contributed by atoms with Crippen LogP contribution in [0, 0.1) is 0 Å². The second-order valence-corrected chi connectivity index (χ2v) is 3.99. The number of thiazole rings is 1. The van der Waals surface area contributed by atoms with Gasteiger partial charge in [0.15, 0.2) is 0 Å². The van der Waals surface area contributed by atoms with Gasteiger partial charge >= 0.3 is 0 Å². The first-order chi connectivity index (χ1) is 7.33. The molecular formula is C10H12N2O2S. The van der Waals surface area contributed by atoms with E-state index in [1.165, 1.54) is 0 Å². The zero-order valence-electron chi connectivity index (χ0n) is 8.14. The first kappa shape index (κ1) is 10.2. The van der Waals surface area contributed by atoms with Crippen LogP contribution in [0.3, 0.4) is 0 Å². The number of aromatic nitrogens is 1. The number of benzene rings is 1. The summed E-state index contributed by atoms with van der Waals surface area (Å²) in [5.74, 6) is 0.641. The summed E-state index contributed by atoms with van der Waals surface area (Å²) in [6.45, 7) is 0.592. The van der Waals surface area contributed by atoms with Crippen LogP contribution >= 0.6 is 11.3 Å². The molecular weight excluding hydrogens is 212 g/mol. The van der Waals surface area contributed by atoms with Crippen LogP contribution in [0.1, 0.15) is 6.42 Å². The lowest BCUT2D eigenvalue weighted by molar-refractivity contribution is 0.234. The van der Waals surface area contributed by atoms with Crippen LogP contribution in [0.4, 0.5) is 5.69 Å². The molecule has 0 fully saturated rings. The Morgan fingerprint density at radius 3 is 3.13 bits per heavy atom.